The molecule has 8 rings (SSSR count). The van der Waals surface area contributed by atoms with Gasteiger partial charge in [-0.3, -0.25) is 0 Å². The summed E-state index contributed by atoms with van der Waals surface area (Å²) in [5, 5.41) is 0. The first kappa shape index (κ1) is 47.1. The fourth-order valence-electron chi connectivity index (χ4n) is 15.8. The van der Waals surface area contributed by atoms with Crippen molar-refractivity contribution in [1.82, 2.24) is 0 Å². The number of rotatable bonds is 4. The van der Waals surface area contributed by atoms with Crippen molar-refractivity contribution in [2.24, 2.45) is 92.7 Å². The van der Waals surface area contributed by atoms with Crippen molar-refractivity contribution < 1.29 is 0 Å². The van der Waals surface area contributed by atoms with Crippen molar-refractivity contribution >= 4 is 0 Å². The third-order valence-electron chi connectivity index (χ3n) is 20.9. The SMILES string of the molecule is CC(C)[C@@H]1CCC(C)C2(CCCC2)C1.CC(C)[C@@H]1CC[C@@H](C)C2(CCCC2)C1.CC(C)[C@H]1CCC(C)C2(CCCC2)C1.CC(C)[C@H]1CC[C@H](C)C2(CCCC2)C1. The van der Waals surface area contributed by atoms with Crippen LogP contribution in [0, 0.1) is 92.7 Å². The standard InChI is InChI=1S/4C14H26/c4*1-11(2)13-7-6-12(3)14(10-13)8-4-5-9-14/h4*11-13H,4-10H2,1-3H3/t2*12?,13-;2*12-,13-/m1010/s1. The lowest BCUT2D eigenvalue weighted by molar-refractivity contribution is 0.0570. The van der Waals surface area contributed by atoms with Crippen molar-refractivity contribution in [2.45, 2.75) is 263 Å². The van der Waals surface area contributed by atoms with Gasteiger partial charge in [-0.2, -0.15) is 0 Å². The maximum Gasteiger partial charge on any atom is -0.0269 e. The van der Waals surface area contributed by atoms with Crippen LogP contribution in [0.25, 0.3) is 0 Å². The summed E-state index contributed by atoms with van der Waals surface area (Å²) in [5.74, 6) is 11.8. The van der Waals surface area contributed by atoms with Crippen LogP contribution < -0.4 is 0 Å². The largest absolute Gasteiger partial charge is 0.0625 e. The quantitative estimate of drug-likeness (QED) is 0.267. The molecule has 8 atom stereocenters. The Morgan fingerprint density at radius 2 is 0.429 bits per heavy atom. The van der Waals surface area contributed by atoms with Gasteiger partial charge in [0.1, 0.15) is 0 Å². The van der Waals surface area contributed by atoms with Gasteiger partial charge in [0, 0.05) is 0 Å². The molecule has 0 N–H and O–H groups in total. The number of hydrogen-bond donors (Lipinski definition) is 0. The molecule has 8 fully saturated rings. The topological polar surface area (TPSA) is 0 Å². The Bertz CT molecular complexity index is 921. The van der Waals surface area contributed by atoms with Crippen LogP contribution in [-0.2, 0) is 0 Å². The zero-order valence-corrected chi connectivity index (χ0v) is 40.7. The first-order valence-corrected chi connectivity index (χ1v) is 26.6. The van der Waals surface area contributed by atoms with Gasteiger partial charge in [-0.25, -0.2) is 0 Å². The van der Waals surface area contributed by atoms with E-state index < -0.39 is 0 Å². The molecule has 4 spiro atoms. The summed E-state index contributed by atoms with van der Waals surface area (Å²) < 4.78 is 0. The molecule has 2 unspecified atom stereocenters. The van der Waals surface area contributed by atoms with Gasteiger partial charge in [-0.05, 0) is 221 Å². The molecule has 0 bridgehead atoms. The van der Waals surface area contributed by atoms with E-state index in [-0.39, 0.29) is 0 Å². The van der Waals surface area contributed by atoms with E-state index in [4.69, 9.17) is 0 Å². The molecule has 0 nitrogen and oxygen atoms in total. The zero-order valence-electron chi connectivity index (χ0n) is 40.7. The monoisotopic (exact) mass is 777 g/mol. The van der Waals surface area contributed by atoms with E-state index in [0.717, 1.165) is 92.7 Å². The minimum atomic E-state index is 0.785. The maximum atomic E-state index is 2.52. The van der Waals surface area contributed by atoms with Crippen molar-refractivity contribution in [2.75, 3.05) is 0 Å². The third-order valence-corrected chi connectivity index (χ3v) is 20.9. The third kappa shape index (κ3) is 11.3. The molecule has 0 radical (unpaired) electrons. The van der Waals surface area contributed by atoms with Crippen LogP contribution in [0.15, 0.2) is 0 Å². The lowest BCUT2D eigenvalue weighted by atomic mass is 9.61. The van der Waals surface area contributed by atoms with Gasteiger partial charge >= 0.3 is 0 Å². The fraction of sp³-hybridized carbons (Fsp3) is 1.00. The van der Waals surface area contributed by atoms with E-state index in [9.17, 15) is 0 Å². The molecule has 8 aliphatic carbocycles. The molecular formula is C56H104. The van der Waals surface area contributed by atoms with Crippen LogP contribution in [0.2, 0.25) is 0 Å². The van der Waals surface area contributed by atoms with Gasteiger partial charge in [0.2, 0.25) is 0 Å². The lowest BCUT2D eigenvalue weighted by Gasteiger charge is -2.45. The highest BCUT2D eigenvalue weighted by Crippen LogP contribution is 2.58. The average molecular weight is 777 g/mol. The highest BCUT2D eigenvalue weighted by atomic mass is 14.5. The van der Waals surface area contributed by atoms with Crippen LogP contribution in [-0.4, -0.2) is 0 Å². The summed E-state index contributed by atoms with van der Waals surface area (Å²) in [7, 11) is 0. The Labute approximate surface area is 354 Å². The van der Waals surface area contributed by atoms with E-state index in [2.05, 4.69) is 83.1 Å². The Kier molecular flexibility index (Phi) is 17.4. The molecular weight excluding hydrogens is 673 g/mol. The van der Waals surface area contributed by atoms with E-state index in [1.807, 2.05) is 0 Å². The second-order valence-corrected chi connectivity index (χ2v) is 25.0. The number of hydrogen-bond acceptors (Lipinski definition) is 0. The Morgan fingerprint density at radius 3 is 0.571 bits per heavy atom. The summed E-state index contributed by atoms with van der Waals surface area (Å²) >= 11 is 0. The summed E-state index contributed by atoms with van der Waals surface area (Å²) in [6.07, 6.45) is 42.6. The van der Waals surface area contributed by atoms with Crippen LogP contribution >= 0.6 is 0 Å². The van der Waals surface area contributed by atoms with E-state index in [0.29, 0.717) is 0 Å². The van der Waals surface area contributed by atoms with Crippen molar-refractivity contribution in [3.8, 4) is 0 Å². The predicted molar refractivity (Wildman–Crippen MR) is 249 cm³/mol. The molecule has 0 aromatic carbocycles. The van der Waals surface area contributed by atoms with Crippen LogP contribution in [0.4, 0.5) is 0 Å². The highest BCUT2D eigenvalue weighted by molar-refractivity contribution is 4.97. The molecule has 56 heavy (non-hydrogen) atoms. The molecule has 0 aromatic rings. The summed E-state index contributed by atoms with van der Waals surface area (Å²) in [6.45, 7) is 29.4. The Balaban J connectivity index is 0.000000143. The van der Waals surface area contributed by atoms with E-state index in [1.165, 1.54) is 154 Å². The molecule has 8 saturated carbocycles. The molecule has 0 heteroatoms. The van der Waals surface area contributed by atoms with Gasteiger partial charge < -0.3 is 0 Å². The predicted octanol–water partition coefficient (Wildman–Crippen LogP) is 18.6. The molecule has 0 amide bonds. The van der Waals surface area contributed by atoms with Crippen LogP contribution in [0.1, 0.15) is 263 Å². The minimum Gasteiger partial charge on any atom is -0.0625 e. The van der Waals surface area contributed by atoms with E-state index >= 15 is 0 Å². The molecule has 8 aliphatic rings. The van der Waals surface area contributed by atoms with Crippen molar-refractivity contribution in [3.05, 3.63) is 0 Å². The summed E-state index contributed by atoms with van der Waals surface area (Å²) in [5.41, 5.74) is 3.14. The minimum absolute atomic E-state index is 0.785. The second-order valence-electron chi connectivity index (χ2n) is 25.0. The first-order valence-electron chi connectivity index (χ1n) is 26.6. The first-order chi connectivity index (χ1) is 26.6. The smallest absolute Gasteiger partial charge is 0.0269 e. The van der Waals surface area contributed by atoms with Gasteiger partial charge in [0.25, 0.3) is 0 Å². The van der Waals surface area contributed by atoms with Crippen molar-refractivity contribution in [3.63, 3.8) is 0 Å². The van der Waals surface area contributed by atoms with Gasteiger partial charge in [0.05, 0.1) is 0 Å². The zero-order chi connectivity index (χ0) is 40.7. The Hall–Kier alpha value is 0. The highest BCUT2D eigenvalue weighted by Gasteiger charge is 2.47. The molecule has 0 heterocycles. The van der Waals surface area contributed by atoms with Gasteiger partial charge in [-0.1, -0.05) is 134 Å². The molecule has 0 aromatic heterocycles. The van der Waals surface area contributed by atoms with Crippen LogP contribution in [0.3, 0.4) is 0 Å². The maximum absolute atomic E-state index is 2.52. The lowest BCUT2D eigenvalue weighted by Crippen LogP contribution is -2.35. The molecule has 0 aliphatic heterocycles. The normalized spacial score (nSPS) is 36.9. The van der Waals surface area contributed by atoms with Gasteiger partial charge in [-0.15, -0.1) is 0 Å². The molecule has 0 saturated heterocycles. The van der Waals surface area contributed by atoms with Crippen molar-refractivity contribution in [1.29, 1.82) is 0 Å². The Morgan fingerprint density at radius 1 is 0.268 bits per heavy atom. The summed E-state index contributed by atoms with van der Waals surface area (Å²) in [4.78, 5) is 0. The van der Waals surface area contributed by atoms with Crippen LogP contribution in [0.5, 0.6) is 0 Å². The second kappa shape index (κ2) is 20.7. The van der Waals surface area contributed by atoms with E-state index in [1.54, 1.807) is 25.7 Å². The fourth-order valence-corrected chi connectivity index (χ4v) is 15.8. The average Bonchev–Trinajstić information content (AvgIpc) is 4.01. The summed E-state index contributed by atoms with van der Waals surface area (Å²) in [6, 6.07) is 0. The van der Waals surface area contributed by atoms with Gasteiger partial charge in [0.15, 0.2) is 0 Å². The molecule has 328 valence electrons.